The number of nitrogens with zero attached hydrogens (tertiary/aromatic N) is 1. The maximum Gasteiger partial charge on any atom is 0.253 e. The summed E-state index contributed by atoms with van der Waals surface area (Å²) in [4.78, 5) is 29.4. The number of aromatic amines is 1. The third-order valence-corrected chi connectivity index (χ3v) is 3.48. The third kappa shape index (κ3) is 4.40. The number of H-pyrrole nitrogens is 1. The van der Waals surface area contributed by atoms with Gasteiger partial charge in [-0.15, -0.1) is 0 Å². The van der Waals surface area contributed by atoms with E-state index in [1.807, 2.05) is 0 Å². The van der Waals surface area contributed by atoms with E-state index in [9.17, 15) is 9.59 Å². The number of hydrogen-bond donors (Lipinski definition) is 4. The molecule has 0 bridgehead atoms. The second kappa shape index (κ2) is 6.51. The molecule has 0 saturated heterocycles. The van der Waals surface area contributed by atoms with Gasteiger partial charge in [0.1, 0.15) is 5.82 Å². The van der Waals surface area contributed by atoms with Gasteiger partial charge in [0.05, 0.1) is 17.1 Å². The summed E-state index contributed by atoms with van der Waals surface area (Å²) in [6.07, 6.45) is 0. The minimum Gasteiger partial charge on any atom is -0.397 e. The number of amides is 1. The van der Waals surface area contributed by atoms with Gasteiger partial charge in [-0.2, -0.15) is 0 Å². The summed E-state index contributed by atoms with van der Waals surface area (Å²) >= 11 is 6.83. The Morgan fingerprint density at radius 1 is 1.38 bits per heavy atom. The molecule has 110 valence electrons. The van der Waals surface area contributed by atoms with Crippen molar-refractivity contribution in [3.8, 4) is 0 Å². The maximum atomic E-state index is 11.8. The highest BCUT2D eigenvalue weighted by molar-refractivity contribution is 7.99. The fourth-order valence-electron chi connectivity index (χ4n) is 1.49. The average Bonchev–Trinajstić information content (AvgIpc) is 2.39. The Morgan fingerprint density at radius 3 is 2.81 bits per heavy atom. The van der Waals surface area contributed by atoms with Crippen molar-refractivity contribution in [1.29, 1.82) is 0 Å². The largest absolute Gasteiger partial charge is 0.397 e. The number of nitrogens with one attached hydrogen (secondary N) is 2. The second-order valence-corrected chi connectivity index (χ2v) is 5.44. The van der Waals surface area contributed by atoms with Crippen LogP contribution in [0.5, 0.6) is 0 Å². The molecular weight excluding hydrogens is 314 g/mol. The number of rotatable bonds is 4. The summed E-state index contributed by atoms with van der Waals surface area (Å²) in [5, 5.41) is 3.41. The molecular formula is C12H12ClN5O2S. The van der Waals surface area contributed by atoms with Crippen LogP contribution in [-0.4, -0.2) is 21.6 Å². The van der Waals surface area contributed by atoms with Crippen LogP contribution in [0.25, 0.3) is 0 Å². The Morgan fingerprint density at radius 2 is 2.14 bits per heavy atom. The molecule has 0 aliphatic heterocycles. The maximum absolute atomic E-state index is 11.8. The number of carbonyl (C=O) groups is 1. The van der Waals surface area contributed by atoms with Crippen molar-refractivity contribution in [2.45, 2.75) is 5.16 Å². The van der Waals surface area contributed by atoms with Gasteiger partial charge in [0, 0.05) is 11.1 Å². The van der Waals surface area contributed by atoms with Gasteiger partial charge < -0.3 is 21.8 Å². The Kier molecular flexibility index (Phi) is 4.71. The number of benzene rings is 1. The standard InChI is InChI=1S/C12H12ClN5O2S/c13-6-1-2-8(7(14)3-6)16-11(20)5-21-12-17-9(15)4-10(19)18-12/h1-4H,5,14H2,(H,16,20)(H3,15,17,18,19). The summed E-state index contributed by atoms with van der Waals surface area (Å²) in [5.41, 5.74) is 11.7. The number of halogens is 1. The Bertz CT molecular complexity index is 734. The number of aromatic nitrogens is 2. The summed E-state index contributed by atoms with van der Waals surface area (Å²) in [5.74, 6) is -0.142. The van der Waals surface area contributed by atoms with Gasteiger partial charge in [-0.1, -0.05) is 23.4 Å². The molecule has 0 unspecified atom stereocenters. The minimum absolute atomic E-state index is 0.0501. The second-order valence-electron chi connectivity index (χ2n) is 4.04. The number of anilines is 3. The Balaban J connectivity index is 1.97. The molecule has 0 atom stereocenters. The molecule has 7 nitrogen and oxygen atoms in total. The van der Waals surface area contributed by atoms with Crippen molar-refractivity contribution in [3.63, 3.8) is 0 Å². The van der Waals surface area contributed by atoms with Crippen LogP contribution in [0.4, 0.5) is 17.2 Å². The molecule has 6 N–H and O–H groups in total. The van der Waals surface area contributed by atoms with Crippen LogP contribution in [0.1, 0.15) is 0 Å². The minimum atomic E-state index is -0.368. The Hall–Kier alpha value is -2.19. The van der Waals surface area contributed by atoms with E-state index in [1.165, 1.54) is 6.07 Å². The first-order valence-electron chi connectivity index (χ1n) is 5.78. The zero-order valence-corrected chi connectivity index (χ0v) is 12.3. The lowest BCUT2D eigenvalue weighted by Gasteiger charge is -2.08. The lowest BCUT2D eigenvalue weighted by molar-refractivity contribution is -0.113. The van der Waals surface area contributed by atoms with E-state index >= 15 is 0 Å². The quantitative estimate of drug-likeness (QED) is 0.381. The topological polar surface area (TPSA) is 127 Å². The van der Waals surface area contributed by atoms with E-state index in [0.29, 0.717) is 16.4 Å². The zero-order valence-electron chi connectivity index (χ0n) is 10.7. The molecule has 0 radical (unpaired) electrons. The van der Waals surface area contributed by atoms with Crippen LogP contribution >= 0.6 is 23.4 Å². The number of thioether (sulfide) groups is 1. The molecule has 0 fully saturated rings. The van der Waals surface area contributed by atoms with Crippen LogP contribution in [0.2, 0.25) is 5.02 Å². The van der Waals surface area contributed by atoms with Gasteiger partial charge >= 0.3 is 0 Å². The number of hydrogen-bond acceptors (Lipinski definition) is 6. The van der Waals surface area contributed by atoms with Gasteiger partial charge in [0.15, 0.2) is 5.16 Å². The highest BCUT2D eigenvalue weighted by Crippen LogP contribution is 2.23. The summed E-state index contributed by atoms with van der Waals surface area (Å²) < 4.78 is 0. The fourth-order valence-corrected chi connectivity index (χ4v) is 2.35. The van der Waals surface area contributed by atoms with Crippen LogP contribution in [0, 0.1) is 0 Å². The van der Waals surface area contributed by atoms with E-state index in [-0.39, 0.29) is 28.2 Å². The zero-order chi connectivity index (χ0) is 15.4. The van der Waals surface area contributed by atoms with Crippen molar-refractivity contribution >= 4 is 46.5 Å². The van der Waals surface area contributed by atoms with Crippen LogP contribution in [-0.2, 0) is 4.79 Å². The van der Waals surface area contributed by atoms with Crippen LogP contribution in [0.15, 0.2) is 34.2 Å². The molecule has 21 heavy (non-hydrogen) atoms. The lowest BCUT2D eigenvalue weighted by Crippen LogP contribution is -2.16. The molecule has 1 amide bonds. The van der Waals surface area contributed by atoms with E-state index < -0.39 is 0 Å². The SMILES string of the molecule is Nc1cc(=O)[nH]c(SCC(=O)Nc2ccc(Cl)cc2N)n1. The van der Waals surface area contributed by atoms with Crippen molar-refractivity contribution in [2.75, 3.05) is 22.5 Å². The van der Waals surface area contributed by atoms with E-state index in [1.54, 1.807) is 18.2 Å². The third-order valence-electron chi connectivity index (χ3n) is 2.37. The smallest absolute Gasteiger partial charge is 0.253 e. The predicted octanol–water partition coefficient (Wildman–Crippen LogP) is 1.32. The molecule has 0 spiro atoms. The number of carbonyl (C=O) groups excluding carboxylic acids is 1. The van der Waals surface area contributed by atoms with Gasteiger partial charge in [0.25, 0.3) is 5.56 Å². The fraction of sp³-hybridized carbons (Fsp3) is 0.0833. The molecule has 2 rings (SSSR count). The van der Waals surface area contributed by atoms with Crippen LogP contribution < -0.4 is 22.3 Å². The highest BCUT2D eigenvalue weighted by atomic mass is 35.5. The predicted molar refractivity (Wildman–Crippen MR) is 84.5 cm³/mol. The van der Waals surface area contributed by atoms with Gasteiger partial charge in [0.2, 0.25) is 5.91 Å². The molecule has 1 aromatic heterocycles. The van der Waals surface area contributed by atoms with Gasteiger partial charge in [-0.25, -0.2) is 4.98 Å². The van der Waals surface area contributed by atoms with Crippen molar-refractivity contribution in [3.05, 3.63) is 39.6 Å². The lowest BCUT2D eigenvalue weighted by atomic mass is 10.2. The summed E-state index contributed by atoms with van der Waals surface area (Å²) in [7, 11) is 0. The first kappa shape index (κ1) is 15.2. The van der Waals surface area contributed by atoms with Crippen molar-refractivity contribution in [1.82, 2.24) is 9.97 Å². The summed E-state index contributed by atoms with van der Waals surface area (Å²) in [6, 6.07) is 5.94. The molecule has 1 aromatic carbocycles. The van der Waals surface area contributed by atoms with Crippen molar-refractivity contribution in [2.24, 2.45) is 0 Å². The number of nitrogen functional groups attached to an aromatic ring is 2. The van der Waals surface area contributed by atoms with E-state index in [0.717, 1.165) is 11.8 Å². The van der Waals surface area contributed by atoms with E-state index in [2.05, 4.69) is 15.3 Å². The molecule has 0 saturated carbocycles. The van der Waals surface area contributed by atoms with Crippen molar-refractivity contribution < 1.29 is 4.79 Å². The molecule has 0 aliphatic carbocycles. The number of nitrogens with two attached hydrogens (primary N) is 2. The first-order valence-corrected chi connectivity index (χ1v) is 7.15. The summed E-state index contributed by atoms with van der Waals surface area (Å²) in [6.45, 7) is 0. The average molecular weight is 326 g/mol. The highest BCUT2D eigenvalue weighted by Gasteiger charge is 2.08. The van der Waals surface area contributed by atoms with Gasteiger partial charge in [-0.05, 0) is 18.2 Å². The molecule has 9 heteroatoms. The van der Waals surface area contributed by atoms with Crippen LogP contribution in [0.3, 0.4) is 0 Å². The normalized spacial score (nSPS) is 10.3. The van der Waals surface area contributed by atoms with E-state index in [4.69, 9.17) is 23.1 Å². The molecule has 2 aromatic rings. The molecule has 0 aliphatic rings. The monoisotopic (exact) mass is 325 g/mol. The molecule has 1 heterocycles. The first-order chi connectivity index (χ1) is 9.94. The Labute approximate surface area is 129 Å². The van der Waals surface area contributed by atoms with Gasteiger partial charge in [-0.3, -0.25) is 9.59 Å².